The molecule has 1 aliphatic rings. The highest BCUT2D eigenvalue weighted by Gasteiger charge is 2.20. The molecule has 5 nitrogen and oxygen atoms in total. The molecule has 0 saturated carbocycles. The fraction of sp³-hybridized carbons (Fsp3) is 0.929. The maximum atomic E-state index is 11.1. The zero-order chi connectivity index (χ0) is 14.3. The minimum Gasteiger partial charge on any atom is -0.480 e. The van der Waals surface area contributed by atoms with Crippen molar-refractivity contribution in [3.05, 3.63) is 0 Å². The van der Waals surface area contributed by atoms with Gasteiger partial charge in [-0.2, -0.15) is 0 Å². The molecule has 2 unspecified atom stereocenters. The first kappa shape index (κ1) is 16.4. The Balaban J connectivity index is 2.26. The zero-order valence-electron chi connectivity index (χ0n) is 12.4. The highest BCUT2D eigenvalue weighted by molar-refractivity contribution is 5.73. The lowest BCUT2D eigenvalue weighted by Crippen LogP contribution is -2.43. The third-order valence-electron chi connectivity index (χ3n) is 3.42. The summed E-state index contributed by atoms with van der Waals surface area (Å²) >= 11 is 0. The zero-order valence-corrected chi connectivity index (χ0v) is 12.4. The largest absolute Gasteiger partial charge is 0.480 e. The van der Waals surface area contributed by atoms with Crippen molar-refractivity contribution in [3.8, 4) is 0 Å². The summed E-state index contributed by atoms with van der Waals surface area (Å²) < 4.78 is 5.69. The Morgan fingerprint density at radius 2 is 2.21 bits per heavy atom. The van der Waals surface area contributed by atoms with Crippen molar-refractivity contribution in [1.29, 1.82) is 0 Å². The van der Waals surface area contributed by atoms with Crippen molar-refractivity contribution in [2.45, 2.75) is 57.7 Å². The maximum Gasteiger partial charge on any atom is 0.320 e. The molecular formula is C14H28N2O3. The van der Waals surface area contributed by atoms with Crippen LogP contribution >= 0.6 is 0 Å². The van der Waals surface area contributed by atoms with E-state index in [0.717, 1.165) is 26.1 Å². The van der Waals surface area contributed by atoms with Gasteiger partial charge in [0.25, 0.3) is 0 Å². The Bertz CT molecular complexity index is 265. The molecule has 0 spiro atoms. The number of carboxylic acids is 1. The molecule has 0 aromatic heterocycles. The van der Waals surface area contributed by atoms with E-state index in [1.807, 2.05) is 20.9 Å². The van der Waals surface area contributed by atoms with Crippen LogP contribution in [0.2, 0.25) is 0 Å². The molecule has 1 aliphatic heterocycles. The number of rotatable bonds is 8. The van der Waals surface area contributed by atoms with Crippen LogP contribution in [0.5, 0.6) is 0 Å². The van der Waals surface area contributed by atoms with Crippen LogP contribution in [-0.2, 0) is 9.53 Å². The van der Waals surface area contributed by atoms with E-state index < -0.39 is 12.0 Å². The monoisotopic (exact) mass is 272 g/mol. The summed E-state index contributed by atoms with van der Waals surface area (Å²) in [5, 5.41) is 12.2. The standard InChI is InChI=1S/C14H28N2O3/c1-11(2)15-13(14(17)18)7-8-16(3)10-12-6-4-5-9-19-12/h11-13,15H,4-10H2,1-3H3,(H,17,18). The lowest BCUT2D eigenvalue weighted by atomic mass is 10.1. The molecule has 0 aromatic rings. The van der Waals surface area contributed by atoms with Crippen LogP contribution in [0, 0.1) is 0 Å². The van der Waals surface area contributed by atoms with Crippen LogP contribution in [0.3, 0.4) is 0 Å². The van der Waals surface area contributed by atoms with Gasteiger partial charge in [-0.1, -0.05) is 13.8 Å². The van der Waals surface area contributed by atoms with Crippen molar-refractivity contribution in [2.75, 3.05) is 26.7 Å². The minimum atomic E-state index is -0.768. The van der Waals surface area contributed by atoms with Crippen LogP contribution in [0.25, 0.3) is 0 Å². The van der Waals surface area contributed by atoms with E-state index in [9.17, 15) is 4.79 Å². The Morgan fingerprint density at radius 1 is 1.47 bits per heavy atom. The molecule has 0 aromatic carbocycles. The quantitative estimate of drug-likeness (QED) is 0.698. The predicted molar refractivity (Wildman–Crippen MR) is 75.4 cm³/mol. The average molecular weight is 272 g/mol. The third kappa shape index (κ3) is 6.89. The Morgan fingerprint density at radius 3 is 2.74 bits per heavy atom. The van der Waals surface area contributed by atoms with Crippen LogP contribution in [0.4, 0.5) is 0 Å². The van der Waals surface area contributed by atoms with Gasteiger partial charge in [0, 0.05) is 19.2 Å². The van der Waals surface area contributed by atoms with Crippen LogP contribution in [0.15, 0.2) is 0 Å². The fourth-order valence-corrected chi connectivity index (χ4v) is 2.42. The SMILES string of the molecule is CC(C)NC(CCN(C)CC1CCCCO1)C(=O)O. The Labute approximate surface area is 116 Å². The van der Waals surface area contributed by atoms with E-state index in [0.29, 0.717) is 12.5 Å². The second-order valence-electron chi connectivity index (χ2n) is 5.75. The number of carboxylic acid groups (broad SMARTS) is 1. The van der Waals surface area contributed by atoms with Crippen molar-refractivity contribution in [3.63, 3.8) is 0 Å². The second kappa shape index (κ2) is 8.51. The number of nitrogens with zero attached hydrogens (tertiary/aromatic N) is 1. The second-order valence-corrected chi connectivity index (χ2v) is 5.75. The maximum absolute atomic E-state index is 11.1. The summed E-state index contributed by atoms with van der Waals surface area (Å²) in [6, 6.07) is -0.275. The molecule has 1 heterocycles. The first-order chi connectivity index (χ1) is 8.99. The van der Waals surface area contributed by atoms with Crippen molar-refractivity contribution in [2.24, 2.45) is 0 Å². The molecule has 0 radical (unpaired) electrons. The molecule has 0 bridgehead atoms. The summed E-state index contributed by atoms with van der Waals surface area (Å²) in [6.07, 6.45) is 4.47. The summed E-state index contributed by atoms with van der Waals surface area (Å²) in [5.74, 6) is -0.768. The number of hydrogen-bond acceptors (Lipinski definition) is 4. The molecule has 5 heteroatoms. The minimum absolute atomic E-state index is 0.188. The van der Waals surface area contributed by atoms with Gasteiger partial charge < -0.3 is 20.1 Å². The molecule has 112 valence electrons. The molecule has 1 fully saturated rings. The number of likely N-dealkylation sites (N-methyl/N-ethyl adjacent to an activating group) is 1. The molecule has 2 atom stereocenters. The van der Waals surface area contributed by atoms with E-state index in [1.54, 1.807) is 0 Å². The molecular weight excluding hydrogens is 244 g/mol. The Hall–Kier alpha value is -0.650. The molecule has 19 heavy (non-hydrogen) atoms. The van der Waals surface area contributed by atoms with E-state index in [1.165, 1.54) is 12.8 Å². The summed E-state index contributed by atoms with van der Waals surface area (Å²) in [7, 11) is 2.03. The first-order valence-electron chi connectivity index (χ1n) is 7.28. The smallest absolute Gasteiger partial charge is 0.320 e. The highest BCUT2D eigenvalue weighted by Crippen LogP contribution is 2.13. The molecule has 0 aliphatic carbocycles. The molecule has 2 N–H and O–H groups in total. The van der Waals surface area contributed by atoms with Crippen LogP contribution in [-0.4, -0.2) is 60.9 Å². The van der Waals surface area contributed by atoms with Crippen LogP contribution < -0.4 is 5.32 Å². The number of ether oxygens (including phenoxy) is 1. The number of nitrogens with one attached hydrogen (secondary N) is 1. The van der Waals surface area contributed by atoms with Gasteiger partial charge in [-0.15, -0.1) is 0 Å². The average Bonchev–Trinajstić information content (AvgIpc) is 2.35. The van der Waals surface area contributed by atoms with Crippen molar-refractivity contribution in [1.82, 2.24) is 10.2 Å². The summed E-state index contributed by atoms with van der Waals surface area (Å²) in [6.45, 7) is 6.47. The predicted octanol–water partition coefficient (Wildman–Crippen LogP) is 1.33. The first-order valence-corrected chi connectivity index (χ1v) is 7.28. The van der Waals surface area contributed by atoms with Gasteiger partial charge in [-0.25, -0.2) is 0 Å². The topological polar surface area (TPSA) is 61.8 Å². The number of hydrogen-bond donors (Lipinski definition) is 2. The van der Waals surface area contributed by atoms with Gasteiger partial charge in [-0.05, 0) is 39.3 Å². The molecule has 1 saturated heterocycles. The normalized spacial score (nSPS) is 21.8. The van der Waals surface area contributed by atoms with E-state index in [2.05, 4.69) is 10.2 Å². The summed E-state index contributed by atoms with van der Waals surface area (Å²) in [4.78, 5) is 13.3. The molecule has 1 rings (SSSR count). The van der Waals surface area contributed by atoms with E-state index in [-0.39, 0.29) is 6.04 Å². The van der Waals surface area contributed by atoms with Gasteiger partial charge >= 0.3 is 5.97 Å². The van der Waals surface area contributed by atoms with Gasteiger partial charge in [-0.3, -0.25) is 4.79 Å². The number of aliphatic carboxylic acids is 1. The van der Waals surface area contributed by atoms with Gasteiger partial charge in [0.05, 0.1) is 6.10 Å². The van der Waals surface area contributed by atoms with Gasteiger partial charge in [0.2, 0.25) is 0 Å². The third-order valence-corrected chi connectivity index (χ3v) is 3.42. The molecule has 0 amide bonds. The lowest BCUT2D eigenvalue weighted by molar-refractivity contribution is -0.140. The fourth-order valence-electron chi connectivity index (χ4n) is 2.42. The van der Waals surface area contributed by atoms with Crippen molar-refractivity contribution < 1.29 is 14.6 Å². The van der Waals surface area contributed by atoms with Crippen molar-refractivity contribution >= 4 is 5.97 Å². The van der Waals surface area contributed by atoms with E-state index >= 15 is 0 Å². The van der Waals surface area contributed by atoms with Gasteiger partial charge in [0.15, 0.2) is 0 Å². The Kier molecular flexibility index (Phi) is 7.34. The van der Waals surface area contributed by atoms with E-state index in [4.69, 9.17) is 9.84 Å². The lowest BCUT2D eigenvalue weighted by Gasteiger charge is -2.28. The van der Waals surface area contributed by atoms with Gasteiger partial charge in [0.1, 0.15) is 6.04 Å². The summed E-state index contributed by atoms with van der Waals surface area (Å²) in [5.41, 5.74) is 0. The van der Waals surface area contributed by atoms with Crippen LogP contribution in [0.1, 0.15) is 39.5 Å². The highest BCUT2D eigenvalue weighted by atomic mass is 16.5. The number of carbonyl (C=O) groups is 1.